The maximum atomic E-state index is 13.9. The van der Waals surface area contributed by atoms with Crippen LogP contribution >= 0.6 is 0 Å². The number of carbonyl (C=O) groups excluding carboxylic acids is 2. The zero-order chi connectivity index (χ0) is 35.1. The molecule has 6 aliphatic rings. The van der Waals surface area contributed by atoms with Crippen molar-refractivity contribution in [3.8, 4) is 0 Å². The van der Waals surface area contributed by atoms with E-state index in [-0.39, 0.29) is 39.1 Å². The SMILES string of the molecule is C=C(C)C1CCC2(NC(=O)N3CCNC(=O)CC3)CCC3(C)C(CCC4C5(C)CC=C(c6ccc(C(=O)O)cc6)C(C)(C)C5CCC43C)C12. The number of nitrogens with one attached hydrogen (secondary N) is 2. The second-order valence-electron chi connectivity index (χ2n) is 18.3. The van der Waals surface area contributed by atoms with Crippen LogP contribution in [0.1, 0.15) is 122 Å². The standard InChI is InChI=1S/C42H59N3O4/c1-26(2)29-14-20-42(44-37(49)45-24-17-34(46)43-23-25-45)22-21-40(6)31(35(29)42)12-13-33-39(5)18-15-30(27-8-10-28(11-9-27)36(47)48)38(3,4)32(39)16-19-41(33,40)7/h8-11,15,29,31-33,35H,1,12-14,16-25H2,2-7H3,(H,43,46)(H,44,49)(H,47,48). The van der Waals surface area contributed by atoms with Crippen molar-refractivity contribution in [2.75, 3.05) is 19.6 Å². The van der Waals surface area contributed by atoms with E-state index >= 15 is 0 Å². The number of hydrogen-bond acceptors (Lipinski definition) is 3. The van der Waals surface area contributed by atoms with E-state index < -0.39 is 5.97 Å². The molecule has 3 amide bonds. The average Bonchev–Trinajstić information content (AvgIpc) is 3.28. The van der Waals surface area contributed by atoms with Gasteiger partial charge in [-0.1, -0.05) is 65.0 Å². The fourth-order valence-corrected chi connectivity index (χ4v) is 13.5. The average molecular weight is 670 g/mol. The van der Waals surface area contributed by atoms with Gasteiger partial charge in [0.1, 0.15) is 0 Å². The minimum Gasteiger partial charge on any atom is -0.478 e. The highest BCUT2D eigenvalue weighted by atomic mass is 16.4. The van der Waals surface area contributed by atoms with Crippen LogP contribution in [0.5, 0.6) is 0 Å². The molecule has 4 saturated carbocycles. The molecule has 3 N–H and O–H groups in total. The largest absolute Gasteiger partial charge is 0.478 e. The van der Waals surface area contributed by atoms with Crippen molar-refractivity contribution in [2.24, 2.45) is 51.2 Å². The smallest absolute Gasteiger partial charge is 0.335 e. The molecular weight excluding hydrogens is 610 g/mol. The highest BCUT2D eigenvalue weighted by Gasteiger charge is 2.70. The third-order valence-corrected chi connectivity index (χ3v) is 16.0. The summed E-state index contributed by atoms with van der Waals surface area (Å²) < 4.78 is 0. The van der Waals surface area contributed by atoms with Crippen molar-refractivity contribution in [3.63, 3.8) is 0 Å². The number of urea groups is 1. The summed E-state index contributed by atoms with van der Waals surface area (Å²) in [6, 6.07) is 7.52. The van der Waals surface area contributed by atoms with Gasteiger partial charge in [0.25, 0.3) is 0 Å². The summed E-state index contributed by atoms with van der Waals surface area (Å²) in [7, 11) is 0. The van der Waals surface area contributed by atoms with Crippen LogP contribution in [-0.4, -0.2) is 53.1 Å². The summed E-state index contributed by atoms with van der Waals surface area (Å²) in [6.07, 6.45) is 13.0. The van der Waals surface area contributed by atoms with Crippen LogP contribution in [0.15, 0.2) is 42.5 Å². The van der Waals surface area contributed by atoms with Gasteiger partial charge in [0.05, 0.1) is 5.56 Å². The Bertz CT molecular complexity index is 1580. The fourth-order valence-electron chi connectivity index (χ4n) is 13.5. The Balaban J connectivity index is 1.19. The Kier molecular flexibility index (Phi) is 8.23. The minimum atomic E-state index is -0.881. The summed E-state index contributed by atoms with van der Waals surface area (Å²) >= 11 is 0. The molecule has 0 bridgehead atoms. The number of rotatable bonds is 4. The van der Waals surface area contributed by atoms with Crippen LogP contribution in [0.4, 0.5) is 4.79 Å². The van der Waals surface area contributed by atoms with Crippen molar-refractivity contribution in [3.05, 3.63) is 53.6 Å². The molecule has 0 aromatic heterocycles. The van der Waals surface area contributed by atoms with Gasteiger partial charge >= 0.3 is 12.0 Å². The van der Waals surface area contributed by atoms with Crippen LogP contribution in [0, 0.1) is 51.2 Å². The van der Waals surface area contributed by atoms with Crippen LogP contribution in [0.2, 0.25) is 0 Å². The number of benzene rings is 1. The summed E-state index contributed by atoms with van der Waals surface area (Å²) in [5.74, 6) is 1.62. The number of carbonyl (C=O) groups is 3. The third kappa shape index (κ3) is 5.05. The van der Waals surface area contributed by atoms with E-state index in [2.05, 4.69) is 64.8 Å². The third-order valence-electron chi connectivity index (χ3n) is 16.0. The summed E-state index contributed by atoms with van der Waals surface area (Å²) in [6.45, 7) is 21.1. The van der Waals surface area contributed by atoms with E-state index in [1.807, 2.05) is 17.0 Å². The van der Waals surface area contributed by atoms with E-state index in [1.165, 1.54) is 36.8 Å². The minimum absolute atomic E-state index is 0.00464. The predicted octanol–water partition coefficient (Wildman–Crippen LogP) is 8.32. The first-order chi connectivity index (χ1) is 23.1. The molecular formula is C42H59N3O4. The van der Waals surface area contributed by atoms with Crippen molar-refractivity contribution in [1.29, 1.82) is 0 Å². The van der Waals surface area contributed by atoms with E-state index in [0.717, 1.165) is 37.7 Å². The maximum Gasteiger partial charge on any atom is 0.335 e. The molecule has 7 rings (SSSR count). The number of allylic oxidation sites excluding steroid dienone is 3. The number of carboxylic acid groups (broad SMARTS) is 1. The molecule has 1 aliphatic heterocycles. The van der Waals surface area contributed by atoms with Crippen LogP contribution < -0.4 is 10.6 Å². The molecule has 49 heavy (non-hydrogen) atoms. The van der Waals surface area contributed by atoms with E-state index in [4.69, 9.17) is 0 Å². The van der Waals surface area contributed by atoms with Gasteiger partial charge in [-0.3, -0.25) is 4.79 Å². The maximum absolute atomic E-state index is 13.9. The number of fused-ring (bicyclic) bond motifs is 7. The summed E-state index contributed by atoms with van der Waals surface area (Å²) in [4.78, 5) is 39.4. The first kappa shape index (κ1) is 34.4. The lowest BCUT2D eigenvalue weighted by Gasteiger charge is -2.72. The first-order valence-electron chi connectivity index (χ1n) is 19.1. The molecule has 1 saturated heterocycles. The molecule has 0 radical (unpaired) electrons. The molecule has 5 fully saturated rings. The number of carboxylic acids is 1. The number of hydrogen-bond donors (Lipinski definition) is 3. The Labute approximate surface area is 293 Å². The predicted molar refractivity (Wildman–Crippen MR) is 194 cm³/mol. The highest BCUT2D eigenvalue weighted by molar-refractivity contribution is 5.88. The van der Waals surface area contributed by atoms with E-state index in [9.17, 15) is 19.5 Å². The van der Waals surface area contributed by atoms with Crippen molar-refractivity contribution < 1.29 is 19.5 Å². The lowest BCUT2D eigenvalue weighted by Crippen LogP contribution is -2.68. The number of amides is 3. The van der Waals surface area contributed by atoms with Crippen LogP contribution in [-0.2, 0) is 4.79 Å². The number of nitrogens with zero attached hydrogens (tertiary/aromatic N) is 1. The monoisotopic (exact) mass is 669 g/mol. The van der Waals surface area contributed by atoms with Crippen LogP contribution in [0.3, 0.4) is 0 Å². The van der Waals surface area contributed by atoms with Gasteiger partial charge in [0, 0.05) is 31.6 Å². The molecule has 266 valence electrons. The van der Waals surface area contributed by atoms with Gasteiger partial charge in [-0.15, -0.1) is 0 Å². The Morgan fingerprint density at radius 2 is 1.65 bits per heavy atom. The Morgan fingerprint density at radius 1 is 0.918 bits per heavy atom. The quantitative estimate of drug-likeness (QED) is 0.281. The van der Waals surface area contributed by atoms with Gasteiger partial charge in [-0.25, -0.2) is 9.59 Å². The van der Waals surface area contributed by atoms with Crippen molar-refractivity contribution >= 4 is 23.5 Å². The second kappa shape index (κ2) is 11.7. The summed E-state index contributed by atoms with van der Waals surface area (Å²) in [5.41, 5.74) is 4.42. The fraction of sp³-hybridized carbons (Fsp3) is 0.690. The molecule has 7 heteroatoms. The van der Waals surface area contributed by atoms with Crippen molar-refractivity contribution in [2.45, 2.75) is 111 Å². The normalized spacial score (nSPS) is 41.1. The molecule has 7 nitrogen and oxygen atoms in total. The topological polar surface area (TPSA) is 98.7 Å². The lowest BCUT2D eigenvalue weighted by molar-refractivity contribution is -0.218. The van der Waals surface area contributed by atoms with Gasteiger partial charge in [0.2, 0.25) is 5.91 Å². The van der Waals surface area contributed by atoms with E-state index in [0.29, 0.717) is 61.2 Å². The molecule has 1 aromatic rings. The van der Waals surface area contributed by atoms with Crippen molar-refractivity contribution in [1.82, 2.24) is 15.5 Å². The molecule has 9 unspecified atom stereocenters. The number of aromatic carboxylic acids is 1. The Hall–Kier alpha value is -3.09. The molecule has 5 aliphatic carbocycles. The molecule has 9 atom stereocenters. The zero-order valence-corrected chi connectivity index (χ0v) is 30.8. The highest BCUT2D eigenvalue weighted by Crippen LogP contribution is 2.76. The van der Waals surface area contributed by atoms with Gasteiger partial charge in [-0.05, 0) is 139 Å². The zero-order valence-electron chi connectivity index (χ0n) is 30.8. The first-order valence-corrected chi connectivity index (χ1v) is 19.1. The van der Waals surface area contributed by atoms with Gasteiger partial charge in [0.15, 0.2) is 0 Å². The second-order valence-corrected chi connectivity index (χ2v) is 18.3. The van der Waals surface area contributed by atoms with Crippen LogP contribution in [0.25, 0.3) is 5.57 Å². The lowest BCUT2D eigenvalue weighted by atomic mass is 9.33. The van der Waals surface area contributed by atoms with Gasteiger partial charge < -0.3 is 20.6 Å². The molecule has 0 spiro atoms. The van der Waals surface area contributed by atoms with E-state index in [1.54, 1.807) is 12.1 Å². The molecule has 1 aromatic carbocycles. The Morgan fingerprint density at radius 3 is 2.35 bits per heavy atom. The van der Waals surface area contributed by atoms with Gasteiger partial charge in [-0.2, -0.15) is 0 Å². The summed E-state index contributed by atoms with van der Waals surface area (Å²) in [5, 5.41) is 16.1. The molecule has 1 heterocycles.